The molecule has 0 aliphatic carbocycles. The molecule has 1 N–H and O–H groups in total. The van der Waals surface area contributed by atoms with Crippen LogP contribution in [-0.2, 0) is 6.42 Å². The summed E-state index contributed by atoms with van der Waals surface area (Å²) in [5.74, 6) is -1.85. The van der Waals surface area contributed by atoms with Crippen molar-refractivity contribution in [2.24, 2.45) is 0 Å². The summed E-state index contributed by atoms with van der Waals surface area (Å²) in [6, 6.07) is 7.05. The van der Waals surface area contributed by atoms with Crippen LogP contribution in [0.4, 0.5) is 14.6 Å². The molecule has 0 aliphatic heterocycles. The number of hydrogen-bond acceptors (Lipinski definition) is 4. The summed E-state index contributed by atoms with van der Waals surface area (Å²) in [6.07, 6.45) is 3.01. The van der Waals surface area contributed by atoms with Gasteiger partial charge in [-0.05, 0) is 30.5 Å². The number of nitrogens with zero attached hydrogens (tertiary/aromatic N) is 2. The molecule has 0 amide bonds. The van der Waals surface area contributed by atoms with Crippen LogP contribution in [0.5, 0.6) is 5.75 Å². The molecule has 2 rings (SSSR count). The van der Waals surface area contributed by atoms with Crippen molar-refractivity contribution in [1.29, 1.82) is 0 Å². The van der Waals surface area contributed by atoms with Crippen molar-refractivity contribution in [3.8, 4) is 5.75 Å². The zero-order chi connectivity index (χ0) is 18.4. The van der Waals surface area contributed by atoms with Crippen molar-refractivity contribution in [3.05, 3.63) is 46.9 Å². The molecule has 4 nitrogen and oxygen atoms in total. The first-order valence-electron chi connectivity index (χ1n) is 8.20. The molecule has 0 radical (unpaired) electrons. The molecule has 0 saturated heterocycles. The second-order valence-electron chi connectivity index (χ2n) is 5.87. The van der Waals surface area contributed by atoms with Crippen LogP contribution in [0, 0.1) is 0 Å². The first kappa shape index (κ1) is 19.4. The fraction of sp³-hybridized carbons (Fsp3) is 0.444. The Balaban J connectivity index is 2.10. The van der Waals surface area contributed by atoms with E-state index in [9.17, 15) is 8.78 Å². The largest absolute Gasteiger partial charge is 0.487 e. The fourth-order valence-electron chi connectivity index (χ4n) is 2.35. The highest BCUT2D eigenvalue weighted by Crippen LogP contribution is 2.29. The predicted octanol–water partition coefficient (Wildman–Crippen LogP) is 5.29. The number of anilines is 1. The van der Waals surface area contributed by atoms with Crippen LogP contribution in [0.15, 0.2) is 30.6 Å². The van der Waals surface area contributed by atoms with Crippen LogP contribution in [0.3, 0.4) is 0 Å². The third kappa shape index (κ3) is 5.53. The summed E-state index contributed by atoms with van der Waals surface area (Å²) >= 11 is 6.33. The Hall–Kier alpha value is -1.95. The molecule has 25 heavy (non-hydrogen) atoms. The standard InChI is InChI=1S/C18H22ClF2N3O/c1-4-14(24-17-16(19)15(5-2)22-11-23-17)12-6-8-13(9-7-12)25-10-18(3,20)21/h6-9,11,14H,4-5,10H2,1-3H3,(H,22,23,24). The van der Waals surface area contributed by atoms with Gasteiger partial charge in [-0.3, -0.25) is 0 Å². The van der Waals surface area contributed by atoms with E-state index in [4.69, 9.17) is 16.3 Å². The number of hydrogen-bond donors (Lipinski definition) is 1. The van der Waals surface area contributed by atoms with Crippen LogP contribution in [0.1, 0.15) is 44.5 Å². The second-order valence-corrected chi connectivity index (χ2v) is 6.25. The van der Waals surface area contributed by atoms with Crippen LogP contribution in [0.25, 0.3) is 0 Å². The SMILES string of the molecule is CCc1ncnc(NC(CC)c2ccc(OCC(C)(F)F)cc2)c1Cl. The molecule has 7 heteroatoms. The van der Waals surface area contributed by atoms with Crippen molar-refractivity contribution in [3.63, 3.8) is 0 Å². The van der Waals surface area contributed by atoms with E-state index in [1.54, 1.807) is 12.1 Å². The molecular weight excluding hydrogens is 348 g/mol. The van der Waals surface area contributed by atoms with Crippen molar-refractivity contribution >= 4 is 17.4 Å². The van der Waals surface area contributed by atoms with E-state index < -0.39 is 12.5 Å². The minimum atomic E-state index is -2.85. The van der Waals surface area contributed by atoms with E-state index in [2.05, 4.69) is 15.3 Å². The van der Waals surface area contributed by atoms with E-state index in [1.807, 2.05) is 26.0 Å². The first-order chi connectivity index (χ1) is 11.8. The van der Waals surface area contributed by atoms with Gasteiger partial charge in [0.15, 0.2) is 6.61 Å². The van der Waals surface area contributed by atoms with Crippen molar-refractivity contribution < 1.29 is 13.5 Å². The Kier molecular flexibility index (Phi) is 6.53. The number of benzene rings is 1. The zero-order valence-corrected chi connectivity index (χ0v) is 15.3. The molecular formula is C18H22ClF2N3O. The maximum Gasteiger partial charge on any atom is 0.278 e. The third-order valence-electron chi connectivity index (χ3n) is 3.69. The maximum absolute atomic E-state index is 12.9. The van der Waals surface area contributed by atoms with Gasteiger partial charge >= 0.3 is 0 Å². The van der Waals surface area contributed by atoms with Crippen LogP contribution in [-0.4, -0.2) is 22.5 Å². The van der Waals surface area contributed by atoms with Crippen LogP contribution in [0.2, 0.25) is 5.02 Å². The number of halogens is 3. The smallest absolute Gasteiger partial charge is 0.278 e. The summed E-state index contributed by atoms with van der Waals surface area (Å²) in [6.45, 7) is 4.20. The Labute approximate surface area is 151 Å². The summed E-state index contributed by atoms with van der Waals surface area (Å²) in [4.78, 5) is 8.37. The molecule has 1 aromatic heterocycles. The Bertz CT molecular complexity index is 690. The van der Waals surface area contributed by atoms with E-state index in [-0.39, 0.29) is 6.04 Å². The predicted molar refractivity (Wildman–Crippen MR) is 95.6 cm³/mol. The summed E-state index contributed by atoms with van der Waals surface area (Å²) in [5, 5.41) is 3.84. The average Bonchev–Trinajstić information content (AvgIpc) is 2.59. The quantitative estimate of drug-likeness (QED) is 0.686. The number of nitrogens with one attached hydrogen (secondary N) is 1. The van der Waals surface area contributed by atoms with E-state index in [0.717, 1.165) is 31.0 Å². The minimum Gasteiger partial charge on any atom is -0.487 e. The van der Waals surface area contributed by atoms with Gasteiger partial charge in [-0.2, -0.15) is 0 Å². The van der Waals surface area contributed by atoms with Gasteiger partial charge < -0.3 is 10.1 Å². The topological polar surface area (TPSA) is 47.0 Å². The highest BCUT2D eigenvalue weighted by atomic mass is 35.5. The molecule has 2 aromatic rings. The van der Waals surface area contributed by atoms with Gasteiger partial charge in [0.1, 0.15) is 22.9 Å². The molecule has 1 heterocycles. The molecule has 1 atom stereocenters. The van der Waals surface area contributed by atoms with Gasteiger partial charge in [0.25, 0.3) is 5.92 Å². The normalized spacial score (nSPS) is 12.7. The Morgan fingerprint density at radius 3 is 2.44 bits per heavy atom. The van der Waals surface area contributed by atoms with Crippen molar-refractivity contribution in [2.45, 2.75) is 45.6 Å². The monoisotopic (exact) mass is 369 g/mol. The lowest BCUT2D eigenvalue weighted by Gasteiger charge is -2.20. The summed E-state index contributed by atoms with van der Waals surface area (Å²) in [5.41, 5.74) is 1.78. The van der Waals surface area contributed by atoms with Crippen LogP contribution >= 0.6 is 11.6 Å². The number of rotatable bonds is 8. The molecule has 136 valence electrons. The van der Waals surface area contributed by atoms with Crippen molar-refractivity contribution in [1.82, 2.24) is 9.97 Å². The van der Waals surface area contributed by atoms with Gasteiger partial charge in [-0.1, -0.05) is 37.6 Å². The molecule has 1 unspecified atom stereocenters. The molecule has 0 bridgehead atoms. The van der Waals surface area contributed by atoms with Gasteiger partial charge in [0, 0.05) is 6.92 Å². The summed E-state index contributed by atoms with van der Waals surface area (Å²) in [7, 11) is 0. The number of aromatic nitrogens is 2. The second kappa shape index (κ2) is 8.43. The van der Waals surface area contributed by atoms with E-state index >= 15 is 0 Å². The minimum absolute atomic E-state index is 0.0150. The third-order valence-corrected chi connectivity index (χ3v) is 4.09. The number of aryl methyl sites for hydroxylation is 1. The molecule has 0 aliphatic rings. The van der Waals surface area contributed by atoms with Crippen molar-refractivity contribution in [2.75, 3.05) is 11.9 Å². The summed E-state index contributed by atoms with van der Waals surface area (Å²) < 4.78 is 30.8. The van der Waals surface area contributed by atoms with Gasteiger partial charge in [-0.25, -0.2) is 18.7 Å². The lowest BCUT2D eigenvalue weighted by atomic mass is 10.0. The maximum atomic E-state index is 12.9. The number of alkyl halides is 2. The first-order valence-corrected chi connectivity index (χ1v) is 8.58. The highest BCUT2D eigenvalue weighted by Gasteiger charge is 2.22. The molecule has 0 spiro atoms. The highest BCUT2D eigenvalue weighted by molar-refractivity contribution is 6.33. The molecule has 0 fully saturated rings. The fourth-order valence-corrected chi connectivity index (χ4v) is 2.63. The van der Waals surface area contributed by atoms with E-state index in [1.165, 1.54) is 6.33 Å². The molecule has 1 aromatic carbocycles. The zero-order valence-electron chi connectivity index (χ0n) is 14.5. The molecule has 0 saturated carbocycles. The Morgan fingerprint density at radius 2 is 1.88 bits per heavy atom. The van der Waals surface area contributed by atoms with E-state index in [0.29, 0.717) is 16.6 Å². The number of ether oxygens (including phenoxy) is 1. The van der Waals surface area contributed by atoms with Crippen LogP contribution < -0.4 is 10.1 Å². The van der Waals surface area contributed by atoms with Gasteiger partial charge in [0.05, 0.1) is 11.7 Å². The van der Waals surface area contributed by atoms with Gasteiger partial charge in [-0.15, -0.1) is 0 Å². The lowest BCUT2D eigenvalue weighted by Crippen LogP contribution is -2.20. The van der Waals surface area contributed by atoms with Gasteiger partial charge in [0.2, 0.25) is 0 Å². The average molecular weight is 370 g/mol. The Morgan fingerprint density at radius 1 is 1.20 bits per heavy atom. The lowest BCUT2D eigenvalue weighted by molar-refractivity contribution is -0.0229.